The predicted octanol–water partition coefficient (Wildman–Crippen LogP) is 5.97. The summed E-state index contributed by atoms with van der Waals surface area (Å²) in [7, 11) is 0. The van der Waals surface area contributed by atoms with E-state index in [-0.39, 0.29) is 18.5 Å². The number of esters is 2. The van der Waals surface area contributed by atoms with Crippen molar-refractivity contribution >= 4 is 11.9 Å². The molecule has 0 fully saturated rings. The molecule has 0 bridgehead atoms. The lowest BCUT2D eigenvalue weighted by Gasteiger charge is -2.05. The van der Waals surface area contributed by atoms with E-state index in [0.29, 0.717) is 32.3 Å². The first-order valence-electron chi connectivity index (χ1n) is 11.0. The average molecular weight is 381 g/mol. The van der Waals surface area contributed by atoms with E-state index in [0.717, 1.165) is 12.8 Å². The molecule has 156 valence electrons. The van der Waals surface area contributed by atoms with Gasteiger partial charge < -0.3 is 9.47 Å². The van der Waals surface area contributed by atoms with E-state index in [1.807, 2.05) is 0 Å². The summed E-state index contributed by atoms with van der Waals surface area (Å²) in [5.41, 5.74) is 0. The Bertz CT molecular complexity index is 398. The lowest BCUT2D eigenvalue weighted by Crippen LogP contribution is -2.07. The Hall–Kier alpha value is -1.50. The van der Waals surface area contributed by atoms with Gasteiger partial charge in [-0.3, -0.25) is 9.59 Å². The molecule has 0 spiro atoms. The second kappa shape index (κ2) is 20.8. The number of unbranched alkanes of at least 4 members (excludes halogenated alkanes) is 12. The summed E-state index contributed by atoms with van der Waals surface area (Å²) in [6.45, 7) is 2.78. The zero-order chi connectivity index (χ0) is 20.0. The lowest BCUT2D eigenvalue weighted by molar-refractivity contribution is -0.145. The van der Waals surface area contributed by atoms with E-state index in [1.54, 1.807) is 0 Å². The van der Waals surface area contributed by atoms with Crippen LogP contribution in [0.1, 0.15) is 110 Å². The molecule has 0 heterocycles. The number of hydrogen-bond donors (Lipinski definition) is 0. The van der Waals surface area contributed by atoms with E-state index in [4.69, 9.17) is 15.9 Å². The van der Waals surface area contributed by atoms with Gasteiger partial charge in [-0.05, 0) is 19.3 Å². The van der Waals surface area contributed by atoms with Gasteiger partial charge in [-0.1, -0.05) is 83.5 Å². The largest absolute Gasteiger partial charge is 0.466 e. The number of ether oxygens (including phenoxy) is 2. The molecule has 0 aliphatic rings. The van der Waals surface area contributed by atoms with Gasteiger partial charge in [-0.2, -0.15) is 0 Å². The highest BCUT2D eigenvalue weighted by molar-refractivity contribution is 5.70. The highest BCUT2D eigenvalue weighted by Gasteiger charge is 2.05. The molecular weight excluding hydrogens is 340 g/mol. The zero-order valence-electron chi connectivity index (χ0n) is 17.4. The molecule has 0 amide bonds. The summed E-state index contributed by atoms with van der Waals surface area (Å²) in [6, 6.07) is 0. The van der Waals surface area contributed by atoms with Gasteiger partial charge in [0.05, 0.1) is 6.61 Å². The average Bonchev–Trinajstić information content (AvgIpc) is 2.67. The minimum atomic E-state index is -0.308. The summed E-state index contributed by atoms with van der Waals surface area (Å²) < 4.78 is 9.98. The second-order valence-corrected chi connectivity index (χ2v) is 7.18. The van der Waals surface area contributed by atoms with Gasteiger partial charge in [-0.15, -0.1) is 6.42 Å². The monoisotopic (exact) mass is 380 g/mol. The zero-order valence-corrected chi connectivity index (χ0v) is 17.4. The Morgan fingerprint density at radius 1 is 0.667 bits per heavy atom. The summed E-state index contributed by atoms with van der Waals surface area (Å²) in [6.07, 6.45) is 22.5. The minimum Gasteiger partial charge on any atom is -0.466 e. The van der Waals surface area contributed by atoms with Crippen LogP contribution in [0.25, 0.3) is 0 Å². The van der Waals surface area contributed by atoms with E-state index < -0.39 is 0 Å². The highest BCUT2D eigenvalue weighted by Crippen LogP contribution is 2.12. The highest BCUT2D eigenvalue weighted by atomic mass is 16.5. The lowest BCUT2D eigenvalue weighted by atomic mass is 10.1. The summed E-state index contributed by atoms with van der Waals surface area (Å²) in [4.78, 5) is 22.8. The van der Waals surface area contributed by atoms with E-state index >= 15 is 0 Å². The quantitative estimate of drug-likeness (QED) is 0.157. The van der Waals surface area contributed by atoms with Crippen molar-refractivity contribution in [3.63, 3.8) is 0 Å². The van der Waals surface area contributed by atoms with Crippen molar-refractivity contribution in [3.8, 4) is 12.3 Å². The normalized spacial score (nSPS) is 10.4. The molecule has 0 saturated carbocycles. The maximum absolute atomic E-state index is 11.6. The van der Waals surface area contributed by atoms with Gasteiger partial charge in [0.15, 0.2) is 6.61 Å². The van der Waals surface area contributed by atoms with Crippen LogP contribution in [0.4, 0.5) is 0 Å². The number of carbonyl (C=O) groups is 2. The smallest absolute Gasteiger partial charge is 0.306 e. The Kier molecular flexibility index (Phi) is 19.7. The Morgan fingerprint density at radius 3 is 1.59 bits per heavy atom. The first-order valence-corrected chi connectivity index (χ1v) is 11.0. The van der Waals surface area contributed by atoms with Crippen LogP contribution in [0.3, 0.4) is 0 Å². The molecule has 0 aliphatic heterocycles. The molecule has 4 nitrogen and oxygen atoms in total. The number of hydrogen-bond acceptors (Lipinski definition) is 4. The minimum absolute atomic E-state index is 0.0138. The standard InChI is InChI=1S/C23H40O4/c1-3-5-6-7-8-9-10-11-12-13-14-17-21-27-23(25)19-16-15-18-22(24)26-20-4-2/h2H,3,5-21H2,1H3. The molecule has 0 radical (unpaired) electrons. The van der Waals surface area contributed by atoms with Crippen LogP contribution in [-0.4, -0.2) is 25.2 Å². The SMILES string of the molecule is C#CCOC(=O)CCCCC(=O)OCCCCCCCCCCCCCC. The van der Waals surface area contributed by atoms with E-state index in [2.05, 4.69) is 12.8 Å². The van der Waals surface area contributed by atoms with E-state index in [1.165, 1.54) is 64.2 Å². The van der Waals surface area contributed by atoms with Gasteiger partial charge in [0.2, 0.25) is 0 Å². The molecule has 0 rings (SSSR count). The van der Waals surface area contributed by atoms with E-state index in [9.17, 15) is 9.59 Å². The molecule has 0 saturated heterocycles. The molecule has 0 atom stereocenters. The third-order valence-electron chi connectivity index (χ3n) is 4.59. The summed E-state index contributed by atoms with van der Waals surface area (Å²) in [5.74, 6) is 1.77. The Labute approximate surface area is 166 Å². The van der Waals surface area contributed by atoms with Gasteiger partial charge in [0.25, 0.3) is 0 Å². The van der Waals surface area contributed by atoms with Crippen LogP contribution in [0.5, 0.6) is 0 Å². The van der Waals surface area contributed by atoms with Crippen LogP contribution in [0, 0.1) is 12.3 Å². The molecule has 27 heavy (non-hydrogen) atoms. The number of rotatable bonds is 19. The number of terminal acetylenes is 1. The first-order chi connectivity index (χ1) is 13.2. The molecular formula is C23H40O4. The van der Waals surface area contributed by atoms with Crippen molar-refractivity contribution in [3.05, 3.63) is 0 Å². The summed E-state index contributed by atoms with van der Waals surface area (Å²) in [5, 5.41) is 0. The fourth-order valence-corrected chi connectivity index (χ4v) is 2.93. The van der Waals surface area contributed by atoms with Gasteiger partial charge in [0, 0.05) is 12.8 Å². The van der Waals surface area contributed by atoms with Crippen molar-refractivity contribution in [2.45, 2.75) is 110 Å². The maximum Gasteiger partial charge on any atom is 0.306 e. The van der Waals surface area contributed by atoms with Gasteiger partial charge >= 0.3 is 11.9 Å². The van der Waals surface area contributed by atoms with Crippen molar-refractivity contribution < 1.29 is 19.1 Å². The summed E-state index contributed by atoms with van der Waals surface area (Å²) >= 11 is 0. The van der Waals surface area contributed by atoms with Crippen LogP contribution < -0.4 is 0 Å². The Morgan fingerprint density at radius 2 is 1.11 bits per heavy atom. The van der Waals surface area contributed by atoms with Crippen molar-refractivity contribution in [2.24, 2.45) is 0 Å². The fourth-order valence-electron chi connectivity index (χ4n) is 2.93. The molecule has 0 N–H and O–H groups in total. The Balaban J connectivity index is 3.23. The molecule has 0 aromatic rings. The van der Waals surface area contributed by atoms with Crippen LogP contribution in [0.2, 0.25) is 0 Å². The second-order valence-electron chi connectivity index (χ2n) is 7.18. The molecule has 4 heteroatoms. The van der Waals surface area contributed by atoms with Gasteiger partial charge in [0.1, 0.15) is 0 Å². The van der Waals surface area contributed by atoms with Crippen molar-refractivity contribution in [2.75, 3.05) is 13.2 Å². The molecule has 0 aliphatic carbocycles. The predicted molar refractivity (Wildman–Crippen MR) is 110 cm³/mol. The third-order valence-corrected chi connectivity index (χ3v) is 4.59. The molecule has 0 unspecified atom stereocenters. The van der Waals surface area contributed by atoms with Gasteiger partial charge in [-0.25, -0.2) is 0 Å². The number of carbonyl (C=O) groups excluding carboxylic acids is 2. The van der Waals surface area contributed by atoms with Crippen LogP contribution >= 0.6 is 0 Å². The van der Waals surface area contributed by atoms with Crippen molar-refractivity contribution in [1.29, 1.82) is 0 Å². The van der Waals surface area contributed by atoms with Crippen molar-refractivity contribution in [1.82, 2.24) is 0 Å². The molecule has 0 aromatic heterocycles. The third kappa shape index (κ3) is 20.7. The van der Waals surface area contributed by atoms with Crippen LogP contribution in [0.15, 0.2) is 0 Å². The topological polar surface area (TPSA) is 52.6 Å². The fraction of sp³-hybridized carbons (Fsp3) is 0.826. The maximum atomic E-state index is 11.6. The first kappa shape index (κ1) is 25.5. The molecule has 0 aromatic carbocycles. The van der Waals surface area contributed by atoms with Crippen LogP contribution in [-0.2, 0) is 19.1 Å².